The molecule has 0 aliphatic carbocycles. The molecule has 0 unspecified atom stereocenters. The molecule has 0 saturated carbocycles. The molecule has 0 bridgehead atoms. The molecule has 2 rings (SSSR count). The normalized spacial score (nSPS) is 10.2. The maximum Gasteiger partial charge on any atom is 0.225 e. The Bertz CT molecular complexity index is 528. The molecule has 6 heteroatoms. The van der Waals surface area contributed by atoms with Gasteiger partial charge in [0, 0.05) is 17.6 Å². The summed E-state index contributed by atoms with van der Waals surface area (Å²) in [6, 6.07) is 9.39. The zero-order valence-corrected chi connectivity index (χ0v) is 12.4. The Morgan fingerprint density at radius 3 is 2.78 bits per heavy atom. The Balaban J connectivity index is 2.28. The average molecular weight is 326 g/mol. The number of rotatable bonds is 4. The van der Waals surface area contributed by atoms with Gasteiger partial charge >= 0.3 is 0 Å². The lowest BCUT2D eigenvalue weighted by Crippen LogP contribution is -1.98. The summed E-state index contributed by atoms with van der Waals surface area (Å²) in [5.41, 5.74) is 0. The molecule has 0 saturated heterocycles. The lowest BCUT2D eigenvalue weighted by Gasteiger charge is -2.08. The van der Waals surface area contributed by atoms with E-state index in [9.17, 15) is 0 Å². The largest absolute Gasteiger partial charge is 0.439 e. The van der Waals surface area contributed by atoms with Crippen LogP contribution < -0.4 is 10.1 Å². The minimum Gasteiger partial charge on any atom is -0.439 e. The van der Waals surface area contributed by atoms with Gasteiger partial charge in [-0.2, -0.15) is 4.98 Å². The number of halogens is 1. The van der Waals surface area contributed by atoms with E-state index in [1.165, 1.54) is 11.8 Å². The first-order valence-corrected chi connectivity index (χ1v) is 7.27. The third-order valence-corrected chi connectivity index (χ3v) is 3.18. The first kappa shape index (κ1) is 13.2. The van der Waals surface area contributed by atoms with Crippen LogP contribution in [0.1, 0.15) is 0 Å². The summed E-state index contributed by atoms with van der Waals surface area (Å²) in [6.07, 6.45) is 1.93. The van der Waals surface area contributed by atoms with E-state index in [4.69, 9.17) is 4.74 Å². The monoisotopic (exact) mass is 325 g/mol. The molecule has 4 nitrogen and oxygen atoms in total. The number of nitrogens with zero attached hydrogens (tertiary/aromatic N) is 2. The van der Waals surface area contributed by atoms with Crippen LogP contribution in [-0.4, -0.2) is 23.3 Å². The SMILES string of the molecule is CNc1cc(Oc2cccc(Br)c2)nc(SC)n1. The van der Waals surface area contributed by atoms with Crippen LogP contribution in [0, 0.1) is 0 Å². The fraction of sp³-hybridized carbons (Fsp3) is 0.167. The number of thioether (sulfide) groups is 1. The Kier molecular flexibility index (Phi) is 4.43. The Labute approximate surface area is 118 Å². The molecule has 0 spiro atoms. The van der Waals surface area contributed by atoms with Gasteiger partial charge in [0.25, 0.3) is 0 Å². The van der Waals surface area contributed by atoms with Crippen LogP contribution >= 0.6 is 27.7 Å². The number of ether oxygens (including phenoxy) is 1. The predicted molar refractivity (Wildman–Crippen MR) is 77.6 cm³/mol. The molecular weight excluding hydrogens is 314 g/mol. The summed E-state index contributed by atoms with van der Waals surface area (Å²) in [6.45, 7) is 0. The van der Waals surface area contributed by atoms with Gasteiger partial charge in [-0.15, -0.1) is 0 Å². The second-order valence-electron chi connectivity index (χ2n) is 3.39. The summed E-state index contributed by atoms with van der Waals surface area (Å²) in [4.78, 5) is 8.58. The molecule has 18 heavy (non-hydrogen) atoms. The van der Waals surface area contributed by atoms with Gasteiger partial charge in [0.15, 0.2) is 5.16 Å². The lowest BCUT2D eigenvalue weighted by molar-refractivity contribution is 0.456. The molecule has 0 radical (unpaired) electrons. The van der Waals surface area contributed by atoms with Crippen LogP contribution in [0.4, 0.5) is 5.82 Å². The first-order valence-electron chi connectivity index (χ1n) is 5.25. The number of aromatic nitrogens is 2. The highest BCUT2D eigenvalue weighted by Gasteiger charge is 2.05. The molecule has 94 valence electrons. The van der Waals surface area contributed by atoms with Crippen LogP contribution in [0.15, 0.2) is 40.0 Å². The van der Waals surface area contributed by atoms with E-state index in [1.807, 2.05) is 37.6 Å². The molecule has 0 atom stereocenters. The number of hydrogen-bond donors (Lipinski definition) is 1. The molecule has 0 amide bonds. The minimum atomic E-state index is 0.525. The smallest absolute Gasteiger partial charge is 0.225 e. The zero-order valence-electron chi connectivity index (χ0n) is 9.98. The standard InChI is InChI=1S/C12H12BrN3OS/c1-14-10-7-11(16-12(15-10)18-2)17-9-5-3-4-8(13)6-9/h3-7H,1-2H3,(H,14,15,16). The van der Waals surface area contributed by atoms with Crippen molar-refractivity contribution in [3.05, 3.63) is 34.8 Å². The third-order valence-electron chi connectivity index (χ3n) is 2.14. The van der Waals surface area contributed by atoms with Crippen molar-refractivity contribution in [3.8, 4) is 11.6 Å². The van der Waals surface area contributed by atoms with Gasteiger partial charge in [-0.25, -0.2) is 4.98 Å². The van der Waals surface area contributed by atoms with Gasteiger partial charge in [0.1, 0.15) is 11.6 Å². The lowest BCUT2D eigenvalue weighted by atomic mass is 10.3. The van der Waals surface area contributed by atoms with Crippen LogP contribution in [0.3, 0.4) is 0 Å². The average Bonchev–Trinajstić information content (AvgIpc) is 2.38. The van der Waals surface area contributed by atoms with Crippen molar-refractivity contribution in [2.24, 2.45) is 0 Å². The zero-order chi connectivity index (χ0) is 13.0. The number of benzene rings is 1. The van der Waals surface area contributed by atoms with Crippen molar-refractivity contribution in [2.75, 3.05) is 18.6 Å². The van der Waals surface area contributed by atoms with Gasteiger partial charge in [-0.3, -0.25) is 0 Å². The van der Waals surface area contributed by atoms with Gasteiger partial charge in [0.05, 0.1) is 0 Å². The minimum absolute atomic E-state index is 0.525. The van der Waals surface area contributed by atoms with Crippen LogP contribution in [0.25, 0.3) is 0 Å². The van der Waals surface area contributed by atoms with E-state index in [2.05, 4.69) is 31.2 Å². The van der Waals surface area contributed by atoms with Gasteiger partial charge in [0.2, 0.25) is 5.88 Å². The Hall–Kier alpha value is -1.27. The molecule has 1 aromatic heterocycles. The highest BCUT2D eigenvalue weighted by atomic mass is 79.9. The fourth-order valence-electron chi connectivity index (χ4n) is 1.33. The molecule has 1 N–H and O–H groups in total. The quantitative estimate of drug-likeness (QED) is 0.684. The van der Waals surface area contributed by atoms with E-state index in [-0.39, 0.29) is 0 Å². The van der Waals surface area contributed by atoms with Crippen molar-refractivity contribution in [1.29, 1.82) is 0 Å². The summed E-state index contributed by atoms with van der Waals surface area (Å²) in [7, 11) is 1.81. The Morgan fingerprint density at radius 2 is 2.11 bits per heavy atom. The molecule has 0 fully saturated rings. The van der Waals surface area contributed by atoms with E-state index in [0.29, 0.717) is 11.0 Å². The maximum absolute atomic E-state index is 5.71. The summed E-state index contributed by atoms with van der Waals surface area (Å²) in [5.74, 6) is 1.99. The van der Waals surface area contributed by atoms with Crippen molar-refractivity contribution < 1.29 is 4.74 Å². The van der Waals surface area contributed by atoms with Gasteiger partial charge in [-0.1, -0.05) is 33.8 Å². The summed E-state index contributed by atoms with van der Waals surface area (Å²) < 4.78 is 6.68. The highest BCUT2D eigenvalue weighted by molar-refractivity contribution is 9.10. The number of nitrogens with one attached hydrogen (secondary N) is 1. The second-order valence-corrected chi connectivity index (χ2v) is 5.08. The van der Waals surface area contributed by atoms with E-state index < -0.39 is 0 Å². The molecule has 0 aliphatic rings. The first-order chi connectivity index (χ1) is 8.71. The second kappa shape index (κ2) is 6.06. The molecule has 1 aromatic carbocycles. The topological polar surface area (TPSA) is 47.0 Å². The maximum atomic E-state index is 5.71. The third kappa shape index (κ3) is 3.36. The van der Waals surface area contributed by atoms with Crippen molar-refractivity contribution >= 4 is 33.5 Å². The number of hydrogen-bond acceptors (Lipinski definition) is 5. The van der Waals surface area contributed by atoms with Gasteiger partial charge < -0.3 is 10.1 Å². The molecule has 0 aliphatic heterocycles. The highest BCUT2D eigenvalue weighted by Crippen LogP contribution is 2.25. The molecule has 1 heterocycles. The molecule has 2 aromatic rings. The Morgan fingerprint density at radius 1 is 1.28 bits per heavy atom. The van der Waals surface area contributed by atoms with E-state index in [0.717, 1.165) is 16.0 Å². The van der Waals surface area contributed by atoms with E-state index in [1.54, 1.807) is 6.07 Å². The molecular formula is C12H12BrN3OS. The summed E-state index contributed by atoms with van der Waals surface area (Å²) in [5, 5.41) is 3.66. The van der Waals surface area contributed by atoms with Crippen molar-refractivity contribution in [1.82, 2.24) is 9.97 Å². The van der Waals surface area contributed by atoms with Crippen molar-refractivity contribution in [3.63, 3.8) is 0 Å². The predicted octanol–water partition coefficient (Wildman–Crippen LogP) is 3.80. The fourth-order valence-corrected chi connectivity index (χ4v) is 2.08. The van der Waals surface area contributed by atoms with Crippen molar-refractivity contribution in [2.45, 2.75) is 5.16 Å². The van der Waals surface area contributed by atoms with E-state index >= 15 is 0 Å². The van der Waals surface area contributed by atoms with Crippen LogP contribution in [-0.2, 0) is 0 Å². The van der Waals surface area contributed by atoms with Crippen LogP contribution in [0.2, 0.25) is 0 Å². The van der Waals surface area contributed by atoms with Gasteiger partial charge in [-0.05, 0) is 24.5 Å². The van der Waals surface area contributed by atoms with Crippen LogP contribution in [0.5, 0.6) is 11.6 Å². The number of anilines is 1. The summed E-state index contributed by atoms with van der Waals surface area (Å²) >= 11 is 4.88.